The topological polar surface area (TPSA) is 59.8 Å². The third-order valence-corrected chi connectivity index (χ3v) is 5.11. The van der Waals surface area contributed by atoms with Crippen molar-refractivity contribution in [2.75, 3.05) is 6.54 Å². The summed E-state index contributed by atoms with van der Waals surface area (Å²) in [4.78, 5) is 23.0. The minimum atomic E-state index is -0.324. The molecule has 1 amide bonds. The van der Waals surface area contributed by atoms with Crippen molar-refractivity contribution in [2.24, 2.45) is 16.8 Å². The lowest BCUT2D eigenvalue weighted by molar-refractivity contribution is -0.450. The van der Waals surface area contributed by atoms with E-state index in [4.69, 9.17) is 4.42 Å². The highest BCUT2D eigenvalue weighted by Crippen LogP contribution is 2.31. The van der Waals surface area contributed by atoms with Gasteiger partial charge in [0.25, 0.3) is 5.91 Å². The maximum absolute atomic E-state index is 12.9. The van der Waals surface area contributed by atoms with Crippen LogP contribution in [-0.2, 0) is 11.2 Å². The Morgan fingerprint density at radius 3 is 3.05 bits per heavy atom. The summed E-state index contributed by atoms with van der Waals surface area (Å²) >= 11 is 0. The van der Waals surface area contributed by atoms with Crippen molar-refractivity contribution in [1.29, 1.82) is 0 Å². The molecule has 4 atom stereocenters. The van der Waals surface area contributed by atoms with Gasteiger partial charge in [0.05, 0.1) is 6.26 Å². The lowest BCUT2D eigenvalue weighted by Crippen LogP contribution is -2.85. The summed E-state index contributed by atoms with van der Waals surface area (Å²) in [5.74, 6) is 3.02. The summed E-state index contributed by atoms with van der Waals surface area (Å²) in [7, 11) is 0. The van der Waals surface area contributed by atoms with Crippen molar-refractivity contribution < 1.29 is 14.2 Å². The molecule has 3 aliphatic rings. The first kappa shape index (κ1) is 13.7. The number of nitrogens with one attached hydrogen (secondary N) is 1. The van der Waals surface area contributed by atoms with Gasteiger partial charge in [-0.15, -0.1) is 0 Å². The van der Waals surface area contributed by atoms with Gasteiger partial charge < -0.3 is 4.42 Å². The van der Waals surface area contributed by atoms with Crippen LogP contribution in [0, 0.1) is 11.8 Å². The molecule has 0 aromatic carbocycles. The van der Waals surface area contributed by atoms with Crippen molar-refractivity contribution in [3.8, 4) is 0 Å². The van der Waals surface area contributed by atoms with Gasteiger partial charge in [-0.1, -0.05) is 13.8 Å². The minimum Gasteiger partial charge on any atom is -0.469 e. The molecule has 0 radical (unpaired) electrons. The number of carbonyl (C=O) groups excluding carboxylic acids is 1. The molecule has 1 aromatic heterocycles. The average molecular weight is 300 g/mol. The molecule has 3 heterocycles. The van der Waals surface area contributed by atoms with E-state index in [-0.39, 0.29) is 18.0 Å². The monoisotopic (exact) mass is 300 g/mol. The summed E-state index contributed by atoms with van der Waals surface area (Å²) in [6, 6.07) is 3.62. The van der Waals surface area contributed by atoms with Crippen molar-refractivity contribution in [1.82, 2.24) is 4.90 Å². The molecule has 0 bridgehead atoms. The third-order valence-electron chi connectivity index (χ3n) is 5.11. The van der Waals surface area contributed by atoms with Crippen LogP contribution in [-0.4, -0.2) is 41.0 Å². The maximum atomic E-state index is 12.9. The van der Waals surface area contributed by atoms with E-state index in [9.17, 15) is 4.79 Å². The Hall–Kier alpha value is -1.91. The van der Waals surface area contributed by atoms with Crippen LogP contribution in [0.15, 0.2) is 27.8 Å². The number of amides is 1. The third kappa shape index (κ3) is 2.11. The molecular weight excluding hydrogens is 278 g/mol. The molecule has 5 heteroatoms. The van der Waals surface area contributed by atoms with Gasteiger partial charge in [-0.25, -0.2) is 4.99 Å². The van der Waals surface area contributed by atoms with Crippen LogP contribution in [0.3, 0.4) is 0 Å². The van der Waals surface area contributed by atoms with Crippen LogP contribution in [0.4, 0.5) is 0 Å². The fourth-order valence-electron chi connectivity index (χ4n) is 4.18. The van der Waals surface area contributed by atoms with Gasteiger partial charge in [0.2, 0.25) is 0 Å². The standard InChI is InChI=1S/C17H21N3O2/c1-10-6-11(2)16-14(7-10)20-15(9-18-16)19-13(17(20)21)8-12-4-3-5-22-12/h3-5,10-11,13-14H,6-9H2,1-2H3/p+1. The number of fused-ring (bicyclic) bond motifs is 3. The molecule has 1 N–H and O–H groups in total. The number of hydrogen-bond acceptors (Lipinski definition) is 3. The molecule has 0 saturated heterocycles. The Balaban J connectivity index is 1.60. The quantitative estimate of drug-likeness (QED) is 0.859. The first-order valence-corrected chi connectivity index (χ1v) is 8.16. The zero-order valence-electron chi connectivity index (χ0n) is 13.1. The Morgan fingerprint density at radius 2 is 2.27 bits per heavy atom. The number of carbonyl (C=O) groups is 1. The highest BCUT2D eigenvalue weighted by atomic mass is 16.3. The number of nitrogens with zero attached hydrogens (tertiary/aromatic N) is 2. The van der Waals surface area contributed by atoms with Crippen molar-refractivity contribution in [2.45, 2.75) is 45.2 Å². The largest absolute Gasteiger partial charge is 0.469 e. The van der Waals surface area contributed by atoms with Gasteiger partial charge in [0, 0.05) is 12.3 Å². The Bertz CT molecular complexity index is 647. The second kappa shape index (κ2) is 5.07. The van der Waals surface area contributed by atoms with Gasteiger partial charge in [-0.3, -0.25) is 14.7 Å². The highest BCUT2D eigenvalue weighted by molar-refractivity contribution is 6.11. The van der Waals surface area contributed by atoms with Crippen LogP contribution in [0.5, 0.6) is 0 Å². The van der Waals surface area contributed by atoms with Gasteiger partial charge in [-0.2, -0.15) is 0 Å². The van der Waals surface area contributed by atoms with E-state index in [0.29, 0.717) is 24.8 Å². The van der Waals surface area contributed by atoms with Crippen LogP contribution < -0.4 is 4.99 Å². The summed E-state index contributed by atoms with van der Waals surface area (Å²) in [5, 5.41) is 0. The molecule has 5 nitrogen and oxygen atoms in total. The number of hydrogen-bond donors (Lipinski definition) is 1. The lowest BCUT2D eigenvalue weighted by atomic mass is 9.77. The molecule has 0 spiro atoms. The molecule has 116 valence electrons. The van der Waals surface area contributed by atoms with E-state index in [2.05, 4.69) is 23.8 Å². The van der Waals surface area contributed by atoms with Crippen LogP contribution in [0.25, 0.3) is 0 Å². The Kier molecular flexibility index (Phi) is 3.17. The molecule has 1 fully saturated rings. The molecule has 1 aliphatic carbocycles. The summed E-state index contributed by atoms with van der Waals surface area (Å²) < 4.78 is 5.38. The maximum Gasteiger partial charge on any atom is 0.254 e. The predicted molar refractivity (Wildman–Crippen MR) is 82.7 cm³/mol. The van der Waals surface area contributed by atoms with E-state index in [1.165, 1.54) is 12.1 Å². The van der Waals surface area contributed by atoms with E-state index in [1.807, 2.05) is 17.0 Å². The van der Waals surface area contributed by atoms with E-state index in [1.54, 1.807) is 6.26 Å². The number of rotatable bonds is 2. The lowest BCUT2D eigenvalue weighted by Gasteiger charge is -2.37. The predicted octanol–water partition coefficient (Wildman–Crippen LogP) is 0.401. The van der Waals surface area contributed by atoms with Crippen molar-refractivity contribution >= 4 is 17.5 Å². The van der Waals surface area contributed by atoms with Gasteiger partial charge in [-0.05, 0) is 30.9 Å². The fourth-order valence-corrected chi connectivity index (χ4v) is 4.18. The molecule has 4 unspecified atom stereocenters. The van der Waals surface area contributed by atoms with E-state index >= 15 is 0 Å². The van der Waals surface area contributed by atoms with Gasteiger partial charge >= 0.3 is 0 Å². The van der Waals surface area contributed by atoms with Crippen LogP contribution in [0.1, 0.15) is 32.4 Å². The molecule has 22 heavy (non-hydrogen) atoms. The van der Waals surface area contributed by atoms with Crippen molar-refractivity contribution in [3.63, 3.8) is 0 Å². The summed E-state index contributed by atoms with van der Waals surface area (Å²) in [5.41, 5.74) is 1.32. The molecule has 4 rings (SSSR count). The second-order valence-corrected chi connectivity index (χ2v) is 6.86. The van der Waals surface area contributed by atoms with Gasteiger partial charge in [0.15, 0.2) is 18.1 Å². The zero-order valence-corrected chi connectivity index (χ0v) is 13.1. The minimum absolute atomic E-state index is 0.136. The molecule has 2 aliphatic heterocycles. The molecule has 1 saturated carbocycles. The first-order valence-electron chi connectivity index (χ1n) is 8.16. The number of furan rings is 1. The summed E-state index contributed by atoms with van der Waals surface area (Å²) in [6.07, 6.45) is 4.43. The van der Waals surface area contributed by atoms with E-state index < -0.39 is 0 Å². The highest BCUT2D eigenvalue weighted by Gasteiger charge is 2.49. The Morgan fingerprint density at radius 1 is 1.41 bits per heavy atom. The number of amidine groups is 1. The van der Waals surface area contributed by atoms with Crippen LogP contribution in [0.2, 0.25) is 0 Å². The molecule has 1 aromatic rings. The van der Waals surface area contributed by atoms with Gasteiger partial charge in [0.1, 0.15) is 17.8 Å². The zero-order chi connectivity index (χ0) is 15.3. The van der Waals surface area contributed by atoms with E-state index in [0.717, 1.165) is 18.0 Å². The second-order valence-electron chi connectivity index (χ2n) is 6.86. The first-order chi connectivity index (χ1) is 10.6. The normalized spacial score (nSPS) is 34.1. The fraction of sp³-hybridized carbons (Fsp3) is 0.588. The molecular formula is C17H22N3O2+. The van der Waals surface area contributed by atoms with Crippen LogP contribution >= 0.6 is 0 Å². The SMILES string of the molecule is CC1CC(C)C2=[NH+]CC3=NC(Cc4ccco4)C(=O)N3C2C1. The smallest absolute Gasteiger partial charge is 0.254 e. The summed E-state index contributed by atoms with van der Waals surface area (Å²) in [6.45, 7) is 5.21. The van der Waals surface area contributed by atoms with Crippen molar-refractivity contribution in [3.05, 3.63) is 24.2 Å². The number of aliphatic imine (C=N–C) groups is 1. The Labute approximate surface area is 130 Å². The average Bonchev–Trinajstić information content (AvgIpc) is 3.08.